The number of nitrogens with zero attached hydrogens (tertiary/aromatic N) is 4. The summed E-state index contributed by atoms with van der Waals surface area (Å²) in [5.41, 5.74) is 2.21. The van der Waals surface area contributed by atoms with Gasteiger partial charge in [-0.2, -0.15) is 4.98 Å². The van der Waals surface area contributed by atoms with E-state index in [2.05, 4.69) is 37.5 Å². The molecule has 1 saturated heterocycles. The topological polar surface area (TPSA) is 85.0 Å². The van der Waals surface area contributed by atoms with Crippen molar-refractivity contribution in [3.8, 4) is 11.5 Å². The first-order valence-corrected chi connectivity index (χ1v) is 11.2. The van der Waals surface area contributed by atoms with Gasteiger partial charge in [0.25, 0.3) is 5.89 Å². The average molecular weight is 557 g/mol. The quantitative estimate of drug-likeness (QED) is 0.207. The first-order valence-electron chi connectivity index (χ1n) is 11.2. The molecule has 0 saturated carbocycles. The van der Waals surface area contributed by atoms with Crippen LogP contribution in [0, 0.1) is 0 Å². The largest absolute Gasteiger partial charge is 0.385 e. The molecular weight excluding hydrogens is 521 g/mol. The molecule has 0 bridgehead atoms. The number of aryl methyl sites for hydroxylation is 1. The number of nitrogens with one attached hydrogen (secondary N) is 1. The molecule has 178 valence electrons. The van der Waals surface area contributed by atoms with E-state index >= 15 is 0 Å². The maximum Gasteiger partial charge on any atom is 0.257 e. The zero-order valence-corrected chi connectivity index (χ0v) is 21.7. The van der Waals surface area contributed by atoms with E-state index in [0.29, 0.717) is 12.0 Å². The molecule has 1 aromatic carbocycles. The molecule has 2 aromatic rings. The SMILES string of the molecule is CCc1noc(-c2ccc(CCNC(=NC)N3CCC(OCCCOC)CC3)cc2)n1.I. The van der Waals surface area contributed by atoms with Crippen LogP contribution in [0.5, 0.6) is 0 Å². The zero-order valence-electron chi connectivity index (χ0n) is 19.4. The highest BCUT2D eigenvalue weighted by Crippen LogP contribution is 2.18. The van der Waals surface area contributed by atoms with Gasteiger partial charge < -0.3 is 24.2 Å². The molecule has 1 aliphatic rings. The molecule has 0 aliphatic carbocycles. The molecule has 0 unspecified atom stereocenters. The highest BCUT2D eigenvalue weighted by atomic mass is 127. The summed E-state index contributed by atoms with van der Waals surface area (Å²) in [5, 5.41) is 7.45. The number of hydrogen-bond acceptors (Lipinski definition) is 6. The van der Waals surface area contributed by atoms with Crippen molar-refractivity contribution in [1.82, 2.24) is 20.4 Å². The predicted octanol–water partition coefficient (Wildman–Crippen LogP) is 3.55. The van der Waals surface area contributed by atoms with Gasteiger partial charge in [-0.15, -0.1) is 24.0 Å². The first-order chi connectivity index (χ1) is 15.2. The van der Waals surface area contributed by atoms with Crippen molar-refractivity contribution < 1.29 is 14.0 Å². The number of ether oxygens (including phenoxy) is 2. The van der Waals surface area contributed by atoms with Gasteiger partial charge in [-0.3, -0.25) is 4.99 Å². The number of aliphatic imine (C=N–C) groups is 1. The Balaban J connectivity index is 0.00000363. The molecule has 0 atom stereocenters. The highest BCUT2D eigenvalue weighted by molar-refractivity contribution is 14.0. The second kappa shape index (κ2) is 14.4. The van der Waals surface area contributed by atoms with Crippen LogP contribution in [0.25, 0.3) is 11.5 Å². The van der Waals surface area contributed by atoms with Crippen LogP contribution in [-0.2, 0) is 22.3 Å². The minimum absolute atomic E-state index is 0. The molecule has 9 heteroatoms. The lowest BCUT2D eigenvalue weighted by molar-refractivity contribution is 0.00992. The van der Waals surface area contributed by atoms with Gasteiger partial charge >= 0.3 is 0 Å². The number of hydrogen-bond donors (Lipinski definition) is 1. The minimum atomic E-state index is 0. The molecular formula is C23H36IN5O3. The monoisotopic (exact) mass is 557 g/mol. The van der Waals surface area contributed by atoms with Gasteiger partial charge in [0.2, 0.25) is 0 Å². The molecule has 0 radical (unpaired) electrons. The van der Waals surface area contributed by atoms with Crippen LogP contribution in [-0.4, -0.2) is 74.1 Å². The van der Waals surface area contributed by atoms with Crippen LogP contribution in [0.15, 0.2) is 33.8 Å². The minimum Gasteiger partial charge on any atom is -0.385 e. The van der Waals surface area contributed by atoms with Crippen LogP contribution in [0.1, 0.15) is 37.6 Å². The normalized spacial score (nSPS) is 15.0. The molecule has 2 heterocycles. The van der Waals surface area contributed by atoms with Gasteiger partial charge in [0, 0.05) is 59.0 Å². The molecule has 0 amide bonds. The Labute approximate surface area is 208 Å². The molecule has 8 nitrogen and oxygen atoms in total. The van der Waals surface area contributed by atoms with E-state index in [0.717, 1.165) is 82.3 Å². The van der Waals surface area contributed by atoms with E-state index in [-0.39, 0.29) is 24.0 Å². The maximum absolute atomic E-state index is 5.95. The standard InChI is InChI=1S/C23H35N5O3.HI/c1-4-21-26-22(31-27-21)19-8-6-18(7-9-19)10-13-25-23(24-2)28-14-11-20(12-15-28)30-17-5-16-29-3;/h6-9,20H,4-5,10-17H2,1-3H3,(H,24,25);1H. The predicted molar refractivity (Wildman–Crippen MR) is 137 cm³/mol. The third kappa shape index (κ3) is 8.00. The van der Waals surface area contributed by atoms with Gasteiger partial charge in [0.15, 0.2) is 11.8 Å². The first kappa shape index (κ1) is 26.5. The third-order valence-corrected chi connectivity index (χ3v) is 5.48. The number of benzene rings is 1. The van der Waals surface area contributed by atoms with Gasteiger partial charge in [0.05, 0.1) is 6.10 Å². The lowest BCUT2D eigenvalue weighted by Gasteiger charge is -2.34. The second-order valence-electron chi connectivity index (χ2n) is 7.69. The number of piperidine rings is 1. The van der Waals surface area contributed by atoms with E-state index in [1.54, 1.807) is 7.11 Å². The van der Waals surface area contributed by atoms with Crippen LogP contribution in [0.3, 0.4) is 0 Å². The van der Waals surface area contributed by atoms with Gasteiger partial charge in [-0.25, -0.2) is 0 Å². The summed E-state index contributed by atoms with van der Waals surface area (Å²) in [6, 6.07) is 8.30. The lowest BCUT2D eigenvalue weighted by atomic mass is 10.1. The van der Waals surface area contributed by atoms with Gasteiger partial charge in [-0.1, -0.05) is 24.2 Å². The van der Waals surface area contributed by atoms with Crippen LogP contribution in [0.2, 0.25) is 0 Å². The highest BCUT2D eigenvalue weighted by Gasteiger charge is 2.21. The summed E-state index contributed by atoms with van der Waals surface area (Å²) in [5.74, 6) is 2.27. The second-order valence-corrected chi connectivity index (χ2v) is 7.69. The average Bonchev–Trinajstić information content (AvgIpc) is 3.30. The fourth-order valence-electron chi connectivity index (χ4n) is 3.67. The molecule has 1 aliphatic heterocycles. The summed E-state index contributed by atoms with van der Waals surface area (Å²) in [7, 11) is 3.57. The van der Waals surface area contributed by atoms with Crippen molar-refractivity contribution in [1.29, 1.82) is 0 Å². The Bertz CT molecular complexity index is 804. The number of methoxy groups -OCH3 is 1. The van der Waals surface area contributed by atoms with Crippen LogP contribution >= 0.6 is 24.0 Å². The van der Waals surface area contributed by atoms with E-state index in [1.165, 1.54) is 5.56 Å². The Morgan fingerprint density at radius 2 is 1.97 bits per heavy atom. The molecule has 1 N–H and O–H groups in total. The van der Waals surface area contributed by atoms with Crippen molar-refractivity contribution in [2.75, 3.05) is 47.0 Å². The van der Waals surface area contributed by atoms with Crippen molar-refractivity contribution in [3.63, 3.8) is 0 Å². The molecule has 1 fully saturated rings. The fourth-order valence-corrected chi connectivity index (χ4v) is 3.67. The van der Waals surface area contributed by atoms with Crippen molar-refractivity contribution in [2.45, 2.75) is 45.1 Å². The van der Waals surface area contributed by atoms with E-state index in [9.17, 15) is 0 Å². The molecule has 1 aromatic heterocycles. The number of guanidine groups is 1. The smallest absolute Gasteiger partial charge is 0.257 e. The zero-order chi connectivity index (χ0) is 21.9. The Hall–Kier alpha value is -1.72. The summed E-state index contributed by atoms with van der Waals surface area (Å²) in [6.45, 7) is 6.31. The summed E-state index contributed by atoms with van der Waals surface area (Å²) in [6.07, 6.45) is 5.05. The number of rotatable bonds is 10. The third-order valence-electron chi connectivity index (χ3n) is 5.48. The van der Waals surface area contributed by atoms with Gasteiger partial charge in [-0.05, 0) is 43.4 Å². The lowest BCUT2D eigenvalue weighted by Crippen LogP contribution is -2.47. The number of halogens is 1. The summed E-state index contributed by atoms with van der Waals surface area (Å²) >= 11 is 0. The van der Waals surface area contributed by atoms with Crippen molar-refractivity contribution in [2.24, 2.45) is 4.99 Å². The fraction of sp³-hybridized carbons (Fsp3) is 0.609. The van der Waals surface area contributed by atoms with Crippen LogP contribution in [0.4, 0.5) is 0 Å². The van der Waals surface area contributed by atoms with Crippen molar-refractivity contribution in [3.05, 3.63) is 35.7 Å². The van der Waals surface area contributed by atoms with E-state index in [1.807, 2.05) is 26.1 Å². The Morgan fingerprint density at radius 3 is 2.59 bits per heavy atom. The van der Waals surface area contributed by atoms with E-state index < -0.39 is 0 Å². The summed E-state index contributed by atoms with van der Waals surface area (Å²) in [4.78, 5) is 11.2. The molecule has 0 spiro atoms. The van der Waals surface area contributed by atoms with Crippen molar-refractivity contribution >= 4 is 29.9 Å². The molecule has 3 rings (SSSR count). The van der Waals surface area contributed by atoms with E-state index in [4.69, 9.17) is 14.0 Å². The Morgan fingerprint density at radius 1 is 1.22 bits per heavy atom. The molecule has 32 heavy (non-hydrogen) atoms. The summed E-state index contributed by atoms with van der Waals surface area (Å²) < 4.78 is 16.3. The van der Waals surface area contributed by atoms with Gasteiger partial charge in [0.1, 0.15) is 0 Å². The van der Waals surface area contributed by atoms with Crippen LogP contribution < -0.4 is 5.32 Å². The Kier molecular flexibility index (Phi) is 12.0. The number of aromatic nitrogens is 2. The number of likely N-dealkylation sites (tertiary alicyclic amines) is 1. The maximum atomic E-state index is 5.95.